The highest BCUT2D eigenvalue weighted by molar-refractivity contribution is 14.1. The molecular weight excluding hydrogens is 383 g/mol. The van der Waals surface area contributed by atoms with Crippen molar-refractivity contribution in [2.75, 3.05) is 0 Å². The van der Waals surface area contributed by atoms with Crippen LogP contribution in [0.25, 0.3) is 10.8 Å². The van der Waals surface area contributed by atoms with E-state index in [1.807, 2.05) is 48.5 Å². The highest BCUT2D eigenvalue weighted by Gasteiger charge is 2.13. The lowest BCUT2D eigenvalue weighted by molar-refractivity contribution is 0.104. The molecule has 0 aromatic heterocycles. The lowest BCUT2D eigenvalue weighted by Crippen LogP contribution is -2.02. The molecule has 0 heterocycles. The zero-order valence-electron chi connectivity index (χ0n) is 10.4. The second-order valence-electron chi connectivity index (χ2n) is 4.48. The third-order valence-corrected chi connectivity index (χ3v) is 4.20. The minimum atomic E-state index is 0.0244. The van der Waals surface area contributed by atoms with Crippen LogP contribution in [0.4, 0.5) is 0 Å². The average molecular weight is 393 g/mol. The Bertz CT molecular complexity index is 811. The molecule has 0 aliphatic carbocycles. The van der Waals surface area contributed by atoms with E-state index in [4.69, 9.17) is 11.6 Å². The van der Waals surface area contributed by atoms with Crippen LogP contribution in [0.3, 0.4) is 0 Å². The van der Waals surface area contributed by atoms with Gasteiger partial charge in [-0.1, -0.05) is 48.0 Å². The Labute approximate surface area is 135 Å². The van der Waals surface area contributed by atoms with Crippen LogP contribution in [0.15, 0.2) is 60.7 Å². The molecule has 0 unspecified atom stereocenters. The van der Waals surface area contributed by atoms with Crippen molar-refractivity contribution in [3.05, 3.63) is 80.4 Å². The molecule has 0 amide bonds. The number of halogens is 2. The van der Waals surface area contributed by atoms with Gasteiger partial charge < -0.3 is 0 Å². The molecule has 20 heavy (non-hydrogen) atoms. The van der Waals surface area contributed by atoms with Crippen molar-refractivity contribution in [3.8, 4) is 0 Å². The van der Waals surface area contributed by atoms with Gasteiger partial charge in [-0.15, -0.1) is 0 Å². The van der Waals surface area contributed by atoms with E-state index in [1.54, 1.807) is 12.1 Å². The number of carbonyl (C=O) groups excluding carboxylic acids is 1. The first kappa shape index (κ1) is 13.6. The van der Waals surface area contributed by atoms with Gasteiger partial charge in [-0.25, -0.2) is 0 Å². The first-order chi connectivity index (χ1) is 9.66. The Morgan fingerprint density at radius 3 is 2.40 bits per heavy atom. The minimum absolute atomic E-state index is 0.0244. The molecule has 3 aromatic rings. The maximum atomic E-state index is 12.7. The Balaban J connectivity index is 2.20. The van der Waals surface area contributed by atoms with Crippen LogP contribution in [0.1, 0.15) is 15.9 Å². The van der Waals surface area contributed by atoms with Gasteiger partial charge in [0.1, 0.15) is 0 Å². The standard InChI is InChI=1S/C17H10ClIO/c18-16-9-8-15(13-6-1-2-7-14(13)16)17(20)11-4-3-5-12(19)10-11/h1-10H. The van der Waals surface area contributed by atoms with Crippen LogP contribution in [0, 0.1) is 3.57 Å². The summed E-state index contributed by atoms with van der Waals surface area (Å²) in [5, 5.41) is 2.47. The normalized spacial score (nSPS) is 10.7. The summed E-state index contributed by atoms with van der Waals surface area (Å²) in [5.41, 5.74) is 1.39. The molecule has 0 saturated carbocycles. The fourth-order valence-electron chi connectivity index (χ4n) is 2.25. The van der Waals surface area contributed by atoms with Crippen LogP contribution < -0.4 is 0 Å². The van der Waals surface area contributed by atoms with Gasteiger partial charge in [0.05, 0.1) is 0 Å². The molecule has 0 bridgehead atoms. The van der Waals surface area contributed by atoms with E-state index in [0.29, 0.717) is 16.1 Å². The second-order valence-corrected chi connectivity index (χ2v) is 6.13. The molecule has 3 aromatic carbocycles. The molecule has 0 aliphatic heterocycles. The largest absolute Gasteiger partial charge is 0.289 e. The molecule has 0 saturated heterocycles. The van der Waals surface area contributed by atoms with E-state index in [0.717, 1.165) is 14.3 Å². The summed E-state index contributed by atoms with van der Waals surface area (Å²) in [4.78, 5) is 12.7. The fourth-order valence-corrected chi connectivity index (χ4v) is 3.02. The number of carbonyl (C=O) groups is 1. The van der Waals surface area contributed by atoms with Crippen molar-refractivity contribution in [1.29, 1.82) is 0 Å². The highest BCUT2D eigenvalue weighted by atomic mass is 127. The van der Waals surface area contributed by atoms with E-state index in [9.17, 15) is 4.79 Å². The topological polar surface area (TPSA) is 17.1 Å². The van der Waals surface area contributed by atoms with E-state index >= 15 is 0 Å². The Kier molecular flexibility index (Phi) is 3.76. The zero-order valence-corrected chi connectivity index (χ0v) is 13.4. The number of ketones is 1. The first-order valence-electron chi connectivity index (χ1n) is 6.14. The lowest BCUT2D eigenvalue weighted by Gasteiger charge is -2.07. The van der Waals surface area contributed by atoms with E-state index in [2.05, 4.69) is 22.6 Å². The third-order valence-electron chi connectivity index (χ3n) is 3.20. The quantitative estimate of drug-likeness (QED) is 0.426. The molecule has 0 aliphatic rings. The molecule has 98 valence electrons. The molecule has 0 N–H and O–H groups in total. The predicted octanol–water partition coefficient (Wildman–Crippen LogP) is 5.33. The van der Waals surface area contributed by atoms with Crippen LogP contribution in [-0.4, -0.2) is 5.78 Å². The summed E-state index contributed by atoms with van der Waals surface area (Å²) < 4.78 is 1.05. The van der Waals surface area contributed by atoms with Gasteiger partial charge >= 0.3 is 0 Å². The molecule has 0 fully saturated rings. The Morgan fingerprint density at radius 1 is 0.900 bits per heavy atom. The van der Waals surface area contributed by atoms with E-state index < -0.39 is 0 Å². The number of rotatable bonds is 2. The van der Waals surface area contributed by atoms with Crippen LogP contribution in [0.2, 0.25) is 5.02 Å². The van der Waals surface area contributed by atoms with Crippen molar-refractivity contribution >= 4 is 50.7 Å². The fraction of sp³-hybridized carbons (Fsp3) is 0. The van der Waals surface area contributed by atoms with Gasteiger partial charge in [0, 0.05) is 25.1 Å². The van der Waals surface area contributed by atoms with Crippen molar-refractivity contribution in [2.24, 2.45) is 0 Å². The van der Waals surface area contributed by atoms with Gasteiger partial charge in [-0.3, -0.25) is 4.79 Å². The summed E-state index contributed by atoms with van der Waals surface area (Å²) in [6, 6.07) is 18.9. The van der Waals surface area contributed by atoms with Gasteiger partial charge in [0.15, 0.2) is 5.78 Å². The summed E-state index contributed by atoms with van der Waals surface area (Å²) >= 11 is 8.40. The first-order valence-corrected chi connectivity index (χ1v) is 7.60. The zero-order chi connectivity index (χ0) is 14.1. The lowest BCUT2D eigenvalue weighted by atomic mass is 9.97. The molecule has 0 atom stereocenters. The predicted molar refractivity (Wildman–Crippen MR) is 91.5 cm³/mol. The smallest absolute Gasteiger partial charge is 0.193 e. The van der Waals surface area contributed by atoms with E-state index in [-0.39, 0.29) is 5.78 Å². The second kappa shape index (κ2) is 5.54. The van der Waals surface area contributed by atoms with Crippen molar-refractivity contribution < 1.29 is 4.79 Å². The number of hydrogen-bond acceptors (Lipinski definition) is 1. The number of fused-ring (bicyclic) bond motifs is 1. The Morgan fingerprint density at radius 2 is 1.65 bits per heavy atom. The SMILES string of the molecule is O=C(c1cccc(I)c1)c1ccc(Cl)c2ccccc12. The van der Waals surface area contributed by atoms with E-state index in [1.165, 1.54) is 0 Å². The summed E-state index contributed by atoms with van der Waals surface area (Å²) in [6.07, 6.45) is 0. The summed E-state index contributed by atoms with van der Waals surface area (Å²) in [7, 11) is 0. The minimum Gasteiger partial charge on any atom is -0.289 e. The number of hydrogen-bond donors (Lipinski definition) is 0. The van der Waals surface area contributed by atoms with Crippen molar-refractivity contribution in [2.45, 2.75) is 0 Å². The number of benzene rings is 3. The summed E-state index contributed by atoms with van der Waals surface area (Å²) in [5.74, 6) is 0.0244. The maximum Gasteiger partial charge on any atom is 0.193 e. The Hall–Kier alpha value is -1.39. The molecule has 3 rings (SSSR count). The average Bonchev–Trinajstić information content (AvgIpc) is 2.47. The van der Waals surface area contributed by atoms with Crippen molar-refractivity contribution in [3.63, 3.8) is 0 Å². The van der Waals surface area contributed by atoms with Crippen LogP contribution in [-0.2, 0) is 0 Å². The molecule has 0 radical (unpaired) electrons. The molecular formula is C17H10ClIO. The monoisotopic (exact) mass is 392 g/mol. The van der Waals surface area contributed by atoms with Gasteiger partial charge in [0.2, 0.25) is 0 Å². The highest BCUT2D eigenvalue weighted by Crippen LogP contribution is 2.28. The molecule has 3 heteroatoms. The van der Waals surface area contributed by atoms with Crippen molar-refractivity contribution in [1.82, 2.24) is 0 Å². The summed E-state index contributed by atoms with van der Waals surface area (Å²) in [6.45, 7) is 0. The molecule has 1 nitrogen and oxygen atoms in total. The maximum absolute atomic E-state index is 12.7. The molecule has 0 spiro atoms. The van der Waals surface area contributed by atoms with Gasteiger partial charge in [-0.05, 0) is 52.2 Å². The van der Waals surface area contributed by atoms with Gasteiger partial charge in [-0.2, -0.15) is 0 Å². The third kappa shape index (κ3) is 2.45. The van der Waals surface area contributed by atoms with Crippen LogP contribution >= 0.6 is 34.2 Å². The van der Waals surface area contributed by atoms with Crippen LogP contribution in [0.5, 0.6) is 0 Å². The van der Waals surface area contributed by atoms with Gasteiger partial charge in [0.25, 0.3) is 0 Å².